The minimum Gasteiger partial charge on any atom is -0.267 e. The zero-order valence-electron chi connectivity index (χ0n) is 13.4. The van der Waals surface area contributed by atoms with Gasteiger partial charge in [-0.05, 0) is 26.0 Å². The zero-order chi connectivity index (χ0) is 16.7. The van der Waals surface area contributed by atoms with Crippen molar-refractivity contribution < 1.29 is 0 Å². The Morgan fingerprint density at radius 3 is 2.38 bits per heavy atom. The third kappa shape index (κ3) is 2.22. The average Bonchev–Trinajstić information content (AvgIpc) is 3.01. The van der Waals surface area contributed by atoms with Crippen molar-refractivity contribution in [2.24, 2.45) is 0 Å². The van der Waals surface area contributed by atoms with Crippen molar-refractivity contribution >= 4 is 10.9 Å². The van der Waals surface area contributed by atoms with Gasteiger partial charge in [0.25, 0.3) is 5.56 Å². The maximum Gasteiger partial charge on any atom is 0.275 e. The van der Waals surface area contributed by atoms with Crippen LogP contribution in [-0.2, 0) is 0 Å². The molecule has 0 aliphatic heterocycles. The van der Waals surface area contributed by atoms with Crippen LogP contribution in [0.1, 0.15) is 11.3 Å². The highest BCUT2D eigenvalue weighted by Crippen LogP contribution is 2.29. The molecular formula is C19H16N4O. The van der Waals surface area contributed by atoms with Crippen LogP contribution < -0.4 is 5.56 Å². The van der Waals surface area contributed by atoms with E-state index < -0.39 is 0 Å². The van der Waals surface area contributed by atoms with E-state index in [0.29, 0.717) is 16.6 Å². The van der Waals surface area contributed by atoms with Crippen molar-refractivity contribution in [3.8, 4) is 16.9 Å². The number of fused-ring (bicyclic) bond motifs is 1. The lowest BCUT2D eigenvalue weighted by atomic mass is 10.1. The van der Waals surface area contributed by atoms with Gasteiger partial charge in [-0.2, -0.15) is 10.2 Å². The van der Waals surface area contributed by atoms with Gasteiger partial charge in [-0.15, -0.1) is 0 Å². The lowest BCUT2D eigenvalue weighted by Gasteiger charge is -2.08. The van der Waals surface area contributed by atoms with Crippen LogP contribution in [0.5, 0.6) is 0 Å². The second-order valence-corrected chi connectivity index (χ2v) is 5.82. The number of aromatic amines is 1. The third-order valence-electron chi connectivity index (χ3n) is 4.11. The molecule has 0 aliphatic carbocycles. The summed E-state index contributed by atoms with van der Waals surface area (Å²) >= 11 is 0. The van der Waals surface area contributed by atoms with Crippen LogP contribution in [0.4, 0.5) is 0 Å². The zero-order valence-corrected chi connectivity index (χ0v) is 13.4. The number of hydrogen-bond donors (Lipinski definition) is 1. The average molecular weight is 316 g/mol. The van der Waals surface area contributed by atoms with Gasteiger partial charge in [0.05, 0.1) is 22.5 Å². The molecule has 4 rings (SSSR count). The molecule has 118 valence electrons. The monoisotopic (exact) mass is 316 g/mol. The van der Waals surface area contributed by atoms with Crippen molar-refractivity contribution in [1.29, 1.82) is 0 Å². The molecule has 5 nitrogen and oxygen atoms in total. The quantitative estimate of drug-likeness (QED) is 0.616. The minimum atomic E-state index is -0.229. The van der Waals surface area contributed by atoms with Crippen LogP contribution >= 0.6 is 0 Å². The largest absolute Gasteiger partial charge is 0.275 e. The van der Waals surface area contributed by atoms with Gasteiger partial charge >= 0.3 is 0 Å². The highest BCUT2D eigenvalue weighted by molar-refractivity contribution is 5.94. The number of H-pyrrole nitrogens is 1. The van der Waals surface area contributed by atoms with E-state index in [1.165, 1.54) is 5.56 Å². The standard InChI is InChI=1S/C19H16N4O/c1-12-8-10-15(11-9-12)23-18(14-6-4-3-5-7-14)16-17(22-23)13(2)20-21-19(16)24/h3-11H,1-2H3,(H,21,24). The number of benzene rings is 2. The highest BCUT2D eigenvalue weighted by Gasteiger charge is 2.19. The van der Waals surface area contributed by atoms with Crippen LogP contribution in [0.3, 0.4) is 0 Å². The first-order valence-corrected chi connectivity index (χ1v) is 7.75. The molecule has 0 unspecified atom stereocenters. The lowest BCUT2D eigenvalue weighted by Crippen LogP contribution is -2.09. The van der Waals surface area contributed by atoms with Crippen LogP contribution in [0.2, 0.25) is 0 Å². The summed E-state index contributed by atoms with van der Waals surface area (Å²) in [6.45, 7) is 3.89. The molecule has 2 aromatic heterocycles. The fourth-order valence-corrected chi connectivity index (χ4v) is 2.87. The van der Waals surface area contributed by atoms with Gasteiger partial charge in [0, 0.05) is 5.56 Å². The fourth-order valence-electron chi connectivity index (χ4n) is 2.87. The van der Waals surface area contributed by atoms with Crippen molar-refractivity contribution in [3.63, 3.8) is 0 Å². The maximum absolute atomic E-state index is 12.5. The molecule has 5 heteroatoms. The number of aryl methyl sites for hydroxylation is 2. The predicted molar refractivity (Wildman–Crippen MR) is 94.4 cm³/mol. The minimum absolute atomic E-state index is 0.229. The molecule has 1 N–H and O–H groups in total. The van der Waals surface area contributed by atoms with E-state index in [4.69, 9.17) is 0 Å². The Balaban J connectivity index is 2.13. The molecule has 0 saturated heterocycles. The third-order valence-corrected chi connectivity index (χ3v) is 4.11. The molecule has 2 heterocycles. The summed E-state index contributed by atoms with van der Waals surface area (Å²) in [7, 11) is 0. The van der Waals surface area contributed by atoms with E-state index in [0.717, 1.165) is 16.9 Å². The van der Waals surface area contributed by atoms with Crippen molar-refractivity contribution in [2.45, 2.75) is 13.8 Å². The first kappa shape index (κ1) is 14.4. The molecule has 24 heavy (non-hydrogen) atoms. The summed E-state index contributed by atoms with van der Waals surface area (Å²) in [6, 6.07) is 17.9. The van der Waals surface area contributed by atoms with Gasteiger partial charge in [0.1, 0.15) is 5.52 Å². The van der Waals surface area contributed by atoms with Crippen LogP contribution in [-0.4, -0.2) is 20.0 Å². The normalized spacial score (nSPS) is 11.1. The predicted octanol–water partition coefficient (Wildman–Crippen LogP) is 3.39. The van der Waals surface area contributed by atoms with Gasteiger partial charge in [0.2, 0.25) is 0 Å². The molecule has 0 saturated carbocycles. The Bertz CT molecular complexity index is 1080. The molecule has 0 bridgehead atoms. The number of nitrogens with zero attached hydrogens (tertiary/aromatic N) is 3. The van der Waals surface area contributed by atoms with Gasteiger partial charge in [0.15, 0.2) is 0 Å². The smallest absolute Gasteiger partial charge is 0.267 e. The number of rotatable bonds is 2. The van der Waals surface area contributed by atoms with Crippen molar-refractivity contribution in [1.82, 2.24) is 20.0 Å². The summed E-state index contributed by atoms with van der Waals surface area (Å²) in [5.74, 6) is 0. The number of hydrogen-bond acceptors (Lipinski definition) is 3. The van der Waals surface area contributed by atoms with Gasteiger partial charge in [-0.3, -0.25) is 4.79 Å². The summed E-state index contributed by atoms with van der Waals surface area (Å²) in [6.07, 6.45) is 0. The fraction of sp³-hybridized carbons (Fsp3) is 0.105. The first-order chi connectivity index (χ1) is 11.6. The summed E-state index contributed by atoms with van der Waals surface area (Å²) in [5.41, 5.74) is 4.90. The van der Waals surface area contributed by atoms with Crippen molar-refractivity contribution in [2.75, 3.05) is 0 Å². The molecule has 0 fully saturated rings. The SMILES string of the molecule is Cc1ccc(-n2nc3c(C)n[nH]c(=O)c3c2-c2ccccc2)cc1. The Kier molecular flexibility index (Phi) is 3.27. The van der Waals surface area contributed by atoms with E-state index in [1.54, 1.807) is 0 Å². The van der Waals surface area contributed by atoms with E-state index >= 15 is 0 Å². The van der Waals surface area contributed by atoms with E-state index in [-0.39, 0.29) is 5.56 Å². The molecule has 4 aromatic rings. The molecule has 0 amide bonds. The second-order valence-electron chi connectivity index (χ2n) is 5.82. The summed E-state index contributed by atoms with van der Waals surface area (Å²) < 4.78 is 1.82. The van der Waals surface area contributed by atoms with Gasteiger partial charge < -0.3 is 0 Å². The van der Waals surface area contributed by atoms with Crippen LogP contribution in [0.25, 0.3) is 27.8 Å². The van der Waals surface area contributed by atoms with E-state index in [2.05, 4.69) is 15.3 Å². The summed E-state index contributed by atoms with van der Waals surface area (Å²) in [4.78, 5) is 12.5. The maximum atomic E-state index is 12.5. The Morgan fingerprint density at radius 2 is 1.67 bits per heavy atom. The van der Waals surface area contributed by atoms with Gasteiger partial charge in [-0.1, -0.05) is 48.0 Å². The molecule has 0 spiro atoms. The number of nitrogens with one attached hydrogen (secondary N) is 1. The van der Waals surface area contributed by atoms with E-state index in [1.807, 2.05) is 73.1 Å². The van der Waals surface area contributed by atoms with Gasteiger partial charge in [-0.25, -0.2) is 9.78 Å². The molecule has 0 radical (unpaired) electrons. The molecular weight excluding hydrogens is 300 g/mol. The van der Waals surface area contributed by atoms with E-state index in [9.17, 15) is 4.79 Å². The molecule has 0 atom stereocenters. The van der Waals surface area contributed by atoms with Crippen molar-refractivity contribution in [3.05, 3.63) is 76.2 Å². The molecule has 2 aromatic carbocycles. The molecule has 0 aliphatic rings. The highest BCUT2D eigenvalue weighted by atomic mass is 16.1. The van der Waals surface area contributed by atoms with Crippen LogP contribution in [0.15, 0.2) is 59.4 Å². The Morgan fingerprint density at radius 1 is 0.958 bits per heavy atom. The lowest BCUT2D eigenvalue weighted by molar-refractivity contribution is 0.896. The first-order valence-electron chi connectivity index (χ1n) is 7.75. The van der Waals surface area contributed by atoms with Crippen LogP contribution in [0, 0.1) is 13.8 Å². The Hall–Kier alpha value is -3.21. The Labute approximate surface area is 138 Å². The topological polar surface area (TPSA) is 63.6 Å². The second kappa shape index (κ2) is 5.45. The summed E-state index contributed by atoms with van der Waals surface area (Å²) in [5, 5.41) is 11.9. The number of aromatic nitrogens is 4.